The average molecular weight is 465 g/mol. The summed E-state index contributed by atoms with van der Waals surface area (Å²) in [5.41, 5.74) is 0. The zero-order valence-electron chi connectivity index (χ0n) is 19.2. The van der Waals surface area contributed by atoms with E-state index in [2.05, 4.69) is 50.2 Å². The third-order valence-corrected chi connectivity index (χ3v) is 8.54. The molecule has 0 radical (unpaired) electrons. The van der Waals surface area contributed by atoms with Crippen molar-refractivity contribution in [2.75, 3.05) is 0 Å². The predicted octanol–water partition coefficient (Wildman–Crippen LogP) is 9.58. The number of Topliss-reactive ketones (excluding diaryl/α,β-unsaturated/α-hetero) is 2. The van der Waals surface area contributed by atoms with Crippen molar-refractivity contribution in [1.82, 2.24) is 0 Å². The third-order valence-electron chi connectivity index (χ3n) is 6.26. The van der Waals surface area contributed by atoms with E-state index in [-0.39, 0.29) is 11.6 Å². The van der Waals surface area contributed by atoms with Crippen LogP contribution in [0.5, 0.6) is 0 Å². The SMILES string of the molecule is CCCCCCC(=O)c1cc2c(ccc3c4cc(C(=O)CCCCCC)sc4ccc23)s1. The summed E-state index contributed by atoms with van der Waals surface area (Å²) in [7, 11) is 0. The minimum Gasteiger partial charge on any atom is -0.293 e. The van der Waals surface area contributed by atoms with E-state index in [0.29, 0.717) is 12.8 Å². The van der Waals surface area contributed by atoms with Crippen molar-refractivity contribution in [1.29, 1.82) is 0 Å². The molecule has 0 unspecified atom stereocenters. The fraction of sp³-hybridized carbons (Fsp3) is 0.429. The highest BCUT2D eigenvalue weighted by molar-refractivity contribution is 7.21. The maximum Gasteiger partial charge on any atom is 0.172 e. The van der Waals surface area contributed by atoms with E-state index in [1.54, 1.807) is 22.7 Å². The number of unbranched alkanes of at least 4 members (excludes halogenated alkanes) is 6. The lowest BCUT2D eigenvalue weighted by Gasteiger charge is -2.01. The Morgan fingerprint density at radius 3 is 1.44 bits per heavy atom. The van der Waals surface area contributed by atoms with Crippen LogP contribution in [0, 0.1) is 0 Å². The number of carbonyl (C=O) groups excluding carboxylic acids is 2. The molecule has 2 aromatic heterocycles. The summed E-state index contributed by atoms with van der Waals surface area (Å²) in [4.78, 5) is 27.2. The molecule has 0 amide bonds. The van der Waals surface area contributed by atoms with E-state index >= 15 is 0 Å². The lowest BCUT2D eigenvalue weighted by molar-refractivity contribution is 0.0975. The number of ketones is 2. The predicted molar refractivity (Wildman–Crippen MR) is 141 cm³/mol. The summed E-state index contributed by atoms with van der Waals surface area (Å²) < 4.78 is 2.33. The molecule has 4 aromatic rings. The molecule has 0 atom stereocenters. The second-order valence-corrected chi connectivity index (χ2v) is 10.9. The lowest BCUT2D eigenvalue weighted by Crippen LogP contribution is -1.95. The van der Waals surface area contributed by atoms with Gasteiger partial charge in [0.05, 0.1) is 9.75 Å². The second-order valence-electron chi connectivity index (χ2n) is 8.74. The zero-order valence-corrected chi connectivity index (χ0v) is 20.8. The number of thiophene rings is 2. The number of fused-ring (bicyclic) bond motifs is 5. The second kappa shape index (κ2) is 10.7. The standard InChI is InChI=1S/C28H32O2S2/c1-3-5-7-9-11-23(29)27-17-21-19-14-16-26-22(20(19)13-15-25(21)31-27)18-28(32-26)24(30)12-10-8-6-4-2/h13-18H,3-12H2,1-2H3. The van der Waals surface area contributed by atoms with Crippen molar-refractivity contribution in [3.05, 3.63) is 46.2 Å². The van der Waals surface area contributed by atoms with Crippen LogP contribution in [0.4, 0.5) is 0 Å². The Hall–Kier alpha value is -2.04. The molecule has 4 rings (SSSR count). The molecule has 0 saturated carbocycles. The molecule has 2 heterocycles. The summed E-state index contributed by atoms with van der Waals surface area (Å²) in [6.45, 7) is 4.38. The van der Waals surface area contributed by atoms with Crippen LogP contribution in [0.25, 0.3) is 30.9 Å². The third kappa shape index (κ3) is 4.97. The molecule has 0 spiro atoms. The maximum atomic E-state index is 12.7. The molecule has 32 heavy (non-hydrogen) atoms. The highest BCUT2D eigenvalue weighted by Gasteiger charge is 2.15. The van der Waals surface area contributed by atoms with Crippen LogP contribution in [0.3, 0.4) is 0 Å². The van der Waals surface area contributed by atoms with E-state index < -0.39 is 0 Å². The molecule has 0 bridgehead atoms. The Morgan fingerprint density at radius 2 is 1.03 bits per heavy atom. The van der Waals surface area contributed by atoms with Gasteiger partial charge in [-0.25, -0.2) is 0 Å². The summed E-state index contributed by atoms with van der Waals surface area (Å²) in [6.07, 6.45) is 10.3. The van der Waals surface area contributed by atoms with Crippen LogP contribution in [0.1, 0.15) is 97.4 Å². The van der Waals surface area contributed by atoms with Gasteiger partial charge in [-0.1, -0.05) is 64.5 Å². The number of carbonyl (C=O) groups is 2. The first-order chi connectivity index (χ1) is 15.6. The lowest BCUT2D eigenvalue weighted by atomic mass is 10.0. The van der Waals surface area contributed by atoms with Crippen molar-refractivity contribution in [2.24, 2.45) is 0 Å². The Kier molecular flexibility index (Phi) is 7.75. The zero-order chi connectivity index (χ0) is 22.5. The summed E-state index contributed by atoms with van der Waals surface area (Å²) in [5.74, 6) is 0.533. The number of benzene rings is 2. The van der Waals surface area contributed by atoms with E-state index in [1.807, 2.05) is 0 Å². The van der Waals surface area contributed by atoms with Crippen molar-refractivity contribution in [3.63, 3.8) is 0 Å². The van der Waals surface area contributed by atoms with Crippen molar-refractivity contribution >= 4 is 65.2 Å². The van der Waals surface area contributed by atoms with Crippen LogP contribution in [0.15, 0.2) is 36.4 Å². The van der Waals surface area contributed by atoms with Crippen molar-refractivity contribution in [3.8, 4) is 0 Å². The minimum atomic E-state index is 0.267. The molecule has 168 valence electrons. The van der Waals surface area contributed by atoms with Crippen LogP contribution in [-0.4, -0.2) is 11.6 Å². The van der Waals surface area contributed by atoms with E-state index in [1.165, 1.54) is 36.5 Å². The number of hydrogen-bond donors (Lipinski definition) is 0. The molecular weight excluding hydrogens is 432 g/mol. The normalized spacial score (nSPS) is 11.7. The quantitative estimate of drug-likeness (QED) is 0.154. The van der Waals surface area contributed by atoms with Crippen molar-refractivity contribution in [2.45, 2.75) is 78.1 Å². The van der Waals surface area contributed by atoms with Gasteiger partial charge in [0.25, 0.3) is 0 Å². The summed E-state index contributed by atoms with van der Waals surface area (Å²) >= 11 is 3.22. The molecule has 2 aromatic carbocycles. The molecule has 0 aliphatic heterocycles. The van der Waals surface area contributed by atoms with Gasteiger partial charge in [-0.2, -0.15) is 0 Å². The molecule has 0 aliphatic rings. The molecular formula is C28H32O2S2. The van der Waals surface area contributed by atoms with E-state index in [4.69, 9.17) is 0 Å². The first-order valence-electron chi connectivity index (χ1n) is 12.1. The van der Waals surface area contributed by atoms with Gasteiger partial charge in [-0.3, -0.25) is 9.59 Å². The number of rotatable bonds is 12. The molecule has 0 aliphatic carbocycles. The van der Waals surface area contributed by atoms with Crippen LogP contribution >= 0.6 is 22.7 Å². The van der Waals surface area contributed by atoms with E-state index in [9.17, 15) is 9.59 Å². The van der Waals surface area contributed by atoms with Gasteiger partial charge in [-0.15, -0.1) is 22.7 Å². The van der Waals surface area contributed by atoms with E-state index in [0.717, 1.165) is 55.6 Å². The molecule has 0 fully saturated rings. The van der Waals surface area contributed by atoms with Gasteiger partial charge in [-0.05, 0) is 47.9 Å². The van der Waals surface area contributed by atoms with Gasteiger partial charge < -0.3 is 0 Å². The van der Waals surface area contributed by atoms with Crippen LogP contribution in [0.2, 0.25) is 0 Å². The largest absolute Gasteiger partial charge is 0.293 e. The Balaban J connectivity index is 1.60. The Morgan fingerprint density at radius 1 is 0.594 bits per heavy atom. The van der Waals surface area contributed by atoms with Gasteiger partial charge in [0, 0.05) is 33.0 Å². The molecule has 4 heteroatoms. The number of hydrogen-bond acceptors (Lipinski definition) is 4. The fourth-order valence-electron chi connectivity index (χ4n) is 4.39. The summed E-state index contributed by atoms with van der Waals surface area (Å²) in [6, 6.07) is 12.8. The topological polar surface area (TPSA) is 34.1 Å². The fourth-order valence-corrected chi connectivity index (χ4v) is 6.48. The molecule has 2 nitrogen and oxygen atoms in total. The minimum absolute atomic E-state index is 0.267. The maximum absolute atomic E-state index is 12.7. The van der Waals surface area contributed by atoms with Gasteiger partial charge >= 0.3 is 0 Å². The Labute approximate surface area is 198 Å². The summed E-state index contributed by atoms with van der Waals surface area (Å²) in [5, 5.41) is 4.67. The first kappa shape index (κ1) is 23.1. The highest BCUT2D eigenvalue weighted by atomic mass is 32.1. The first-order valence-corrected chi connectivity index (χ1v) is 13.7. The van der Waals surface area contributed by atoms with Gasteiger partial charge in [0.1, 0.15) is 0 Å². The van der Waals surface area contributed by atoms with Crippen LogP contribution < -0.4 is 0 Å². The van der Waals surface area contributed by atoms with Crippen LogP contribution in [-0.2, 0) is 0 Å². The molecule has 0 N–H and O–H groups in total. The average Bonchev–Trinajstić information content (AvgIpc) is 3.43. The Bertz CT molecular complexity index is 1150. The monoisotopic (exact) mass is 464 g/mol. The van der Waals surface area contributed by atoms with Gasteiger partial charge in [0.2, 0.25) is 0 Å². The smallest absolute Gasteiger partial charge is 0.172 e. The van der Waals surface area contributed by atoms with Gasteiger partial charge in [0.15, 0.2) is 11.6 Å². The van der Waals surface area contributed by atoms with Crippen molar-refractivity contribution < 1.29 is 9.59 Å². The molecule has 0 saturated heterocycles. The highest BCUT2D eigenvalue weighted by Crippen LogP contribution is 2.38.